The second kappa shape index (κ2) is 7.46. The molecule has 0 saturated heterocycles. The maximum Gasteiger partial charge on any atom is 0.261 e. The van der Waals surface area contributed by atoms with Gasteiger partial charge in [0.05, 0.1) is 29.8 Å². The van der Waals surface area contributed by atoms with Crippen LogP contribution < -0.4 is 9.47 Å². The Labute approximate surface area is 182 Å². The first kappa shape index (κ1) is 19.7. The van der Waals surface area contributed by atoms with Crippen LogP contribution in [-0.4, -0.2) is 36.0 Å². The molecule has 158 valence electrons. The van der Waals surface area contributed by atoms with Crippen molar-refractivity contribution in [3.63, 3.8) is 0 Å². The highest BCUT2D eigenvalue weighted by Crippen LogP contribution is 2.49. The van der Waals surface area contributed by atoms with Crippen LogP contribution in [0.5, 0.6) is 11.5 Å². The Kier molecular flexibility index (Phi) is 4.74. The molecule has 0 unspecified atom stereocenters. The van der Waals surface area contributed by atoms with E-state index in [2.05, 4.69) is 5.92 Å². The number of methoxy groups -OCH3 is 1. The summed E-state index contributed by atoms with van der Waals surface area (Å²) < 4.78 is 11.7. The van der Waals surface area contributed by atoms with Gasteiger partial charge in [0.1, 0.15) is 0 Å². The van der Waals surface area contributed by atoms with E-state index in [0.29, 0.717) is 35.5 Å². The first-order valence-electron chi connectivity index (χ1n) is 10.9. The molecule has 0 bridgehead atoms. The van der Waals surface area contributed by atoms with Gasteiger partial charge in [-0.25, -0.2) is 0 Å². The molecular weight excluding hydrogens is 390 g/mol. The fraction of sp³-hybridized carbons (Fsp3) is 0.385. The van der Waals surface area contributed by atoms with Crippen molar-refractivity contribution in [2.24, 2.45) is 0 Å². The number of nitrogens with zero attached hydrogens (tertiary/aromatic N) is 1. The minimum Gasteiger partial charge on any atom is -0.493 e. The van der Waals surface area contributed by atoms with Gasteiger partial charge in [0.2, 0.25) is 0 Å². The molecule has 0 N–H and O–H groups in total. The van der Waals surface area contributed by atoms with Gasteiger partial charge in [-0.2, -0.15) is 0 Å². The topological polar surface area (TPSA) is 55.8 Å². The number of terminal acetylenes is 1. The molecular formula is C26H25NO4. The lowest BCUT2D eigenvalue weighted by Gasteiger charge is -2.47. The van der Waals surface area contributed by atoms with E-state index in [1.54, 1.807) is 31.4 Å². The highest BCUT2D eigenvalue weighted by atomic mass is 16.5. The SMILES string of the molecule is C#C[C@]1(c2ccc(OC)c(OC3CCCC3)c2)C[C@@H](N2C(=O)c3ccccc3C2=O)C1. The molecule has 31 heavy (non-hydrogen) atoms. The average molecular weight is 415 g/mol. The highest BCUT2D eigenvalue weighted by molar-refractivity contribution is 6.21. The molecule has 1 heterocycles. The van der Waals surface area contributed by atoms with E-state index < -0.39 is 5.41 Å². The van der Waals surface area contributed by atoms with Gasteiger partial charge in [-0.15, -0.1) is 6.42 Å². The lowest BCUT2D eigenvalue weighted by Crippen LogP contribution is -2.54. The van der Waals surface area contributed by atoms with Gasteiger partial charge < -0.3 is 9.47 Å². The van der Waals surface area contributed by atoms with Crippen LogP contribution in [0.1, 0.15) is 64.8 Å². The third-order valence-electron chi connectivity index (χ3n) is 6.95. The third kappa shape index (κ3) is 3.09. The van der Waals surface area contributed by atoms with Crippen LogP contribution in [0, 0.1) is 12.3 Å². The van der Waals surface area contributed by atoms with Gasteiger partial charge in [0.25, 0.3) is 11.8 Å². The van der Waals surface area contributed by atoms with E-state index in [-0.39, 0.29) is 24.0 Å². The second-order valence-electron chi connectivity index (χ2n) is 8.70. The summed E-state index contributed by atoms with van der Waals surface area (Å²) in [5.41, 5.74) is 1.39. The molecule has 2 aromatic carbocycles. The van der Waals surface area contributed by atoms with Gasteiger partial charge >= 0.3 is 0 Å². The molecule has 0 spiro atoms. The minimum absolute atomic E-state index is 0.204. The summed E-state index contributed by atoms with van der Waals surface area (Å²) in [6.07, 6.45) is 11.8. The number of hydrogen-bond donors (Lipinski definition) is 0. The Morgan fingerprint density at radius 1 is 1.00 bits per heavy atom. The van der Waals surface area contributed by atoms with Crippen molar-refractivity contribution < 1.29 is 19.1 Å². The van der Waals surface area contributed by atoms with Crippen molar-refractivity contribution in [3.8, 4) is 23.8 Å². The van der Waals surface area contributed by atoms with Gasteiger partial charge in [-0.1, -0.05) is 24.1 Å². The third-order valence-corrected chi connectivity index (χ3v) is 6.95. The number of amides is 2. The van der Waals surface area contributed by atoms with Crippen molar-refractivity contribution in [2.75, 3.05) is 7.11 Å². The first-order valence-corrected chi connectivity index (χ1v) is 10.9. The van der Waals surface area contributed by atoms with Crippen LogP contribution >= 0.6 is 0 Å². The number of carbonyl (C=O) groups is 2. The van der Waals surface area contributed by atoms with E-state index in [1.807, 2.05) is 18.2 Å². The number of hydrogen-bond acceptors (Lipinski definition) is 4. The predicted molar refractivity (Wildman–Crippen MR) is 116 cm³/mol. The molecule has 0 aromatic heterocycles. The van der Waals surface area contributed by atoms with Crippen LogP contribution in [0.15, 0.2) is 42.5 Å². The number of fused-ring (bicyclic) bond motifs is 1. The Balaban J connectivity index is 1.38. The van der Waals surface area contributed by atoms with Crippen LogP contribution in [-0.2, 0) is 5.41 Å². The fourth-order valence-electron chi connectivity index (χ4n) is 5.16. The van der Waals surface area contributed by atoms with Gasteiger partial charge in [-0.05, 0) is 68.4 Å². The van der Waals surface area contributed by atoms with Crippen molar-refractivity contribution >= 4 is 11.8 Å². The normalized spacial score (nSPS) is 25.2. The molecule has 0 atom stereocenters. The number of rotatable bonds is 5. The van der Waals surface area contributed by atoms with E-state index >= 15 is 0 Å². The smallest absolute Gasteiger partial charge is 0.261 e. The zero-order valence-electron chi connectivity index (χ0n) is 17.6. The monoisotopic (exact) mass is 415 g/mol. The molecule has 3 aliphatic rings. The van der Waals surface area contributed by atoms with E-state index in [4.69, 9.17) is 15.9 Å². The summed E-state index contributed by atoms with van der Waals surface area (Å²) in [5, 5.41) is 0. The summed E-state index contributed by atoms with van der Waals surface area (Å²) in [7, 11) is 1.63. The minimum atomic E-state index is -0.528. The second-order valence-corrected chi connectivity index (χ2v) is 8.70. The summed E-state index contributed by atoms with van der Waals surface area (Å²) in [6, 6.07) is 12.6. The largest absolute Gasteiger partial charge is 0.493 e. The summed E-state index contributed by atoms with van der Waals surface area (Å²) in [6.45, 7) is 0. The van der Waals surface area contributed by atoms with Crippen LogP contribution in [0.3, 0.4) is 0 Å². The molecule has 2 fully saturated rings. The fourth-order valence-corrected chi connectivity index (χ4v) is 5.16. The molecule has 2 aliphatic carbocycles. The zero-order valence-corrected chi connectivity index (χ0v) is 17.6. The first-order chi connectivity index (χ1) is 15.1. The van der Waals surface area contributed by atoms with Crippen molar-refractivity contribution in [2.45, 2.75) is 56.1 Å². The Morgan fingerprint density at radius 3 is 2.23 bits per heavy atom. The molecule has 5 heteroatoms. The highest BCUT2D eigenvalue weighted by Gasteiger charge is 2.52. The molecule has 0 radical (unpaired) electrons. The molecule has 1 aliphatic heterocycles. The maximum absolute atomic E-state index is 12.8. The van der Waals surface area contributed by atoms with E-state index in [1.165, 1.54) is 17.7 Å². The lowest BCUT2D eigenvalue weighted by atomic mass is 9.61. The molecule has 2 aromatic rings. The number of benzene rings is 2. The Hall–Kier alpha value is -3.26. The molecule has 2 amide bonds. The summed E-state index contributed by atoms with van der Waals surface area (Å²) in [4.78, 5) is 27.0. The standard InChI is InChI=1S/C26H25NO4/c1-3-26(17-12-13-22(30-2)23(14-17)31-19-8-4-5-9-19)15-18(16-26)27-24(28)20-10-6-7-11-21(20)25(27)29/h1,6-7,10-14,18-19H,4-5,8-9,15-16H2,2H3/t18-,26+. The summed E-state index contributed by atoms with van der Waals surface area (Å²) in [5.74, 6) is 3.90. The predicted octanol–water partition coefficient (Wildman–Crippen LogP) is 4.35. The molecule has 5 rings (SSSR count). The summed E-state index contributed by atoms with van der Waals surface area (Å²) >= 11 is 0. The number of carbonyl (C=O) groups excluding carboxylic acids is 2. The maximum atomic E-state index is 12.8. The van der Waals surface area contributed by atoms with Crippen LogP contribution in [0.25, 0.3) is 0 Å². The number of ether oxygens (including phenoxy) is 2. The van der Waals surface area contributed by atoms with Gasteiger partial charge in [-0.3, -0.25) is 14.5 Å². The van der Waals surface area contributed by atoms with E-state index in [0.717, 1.165) is 18.4 Å². The van der Waals surface area contributed by atoms with Crippen molar-refractivity contribution in [1.29, 1.82) is 0 Å². The lowest BCUT2D eigenvalue weighted by molar-refractivity contribution is 0.0424. The Morgan fingerprint density at radius 2 is 1.65 bits per heavy atom. The van der Waals surface area contributed by atoms with Gasteiger partial charge in [0, 0.05) is 6.04 Å². The van der Waals surface area contributed by atoms with Crippen LogP contribution in [0.2, 0.25) is 0 Å². The Bertz CT molecular complexity index is 1050. The number of imide groups is 1. The van der Waals surface area contributed by atoms with Crippen molar-refractivity contribution in [3.05, 3.63) is 59.2 Å². The average Bonchev–Trinajstić information content (AvgIpc) is 3.36. The van der Waals surface area contributed by atoms with E-state index in [9.17, 15) is 9.59 Å². The molecule has 5 nitrogen and oxygen atoms in total. The van der Waals surface area contributed by atoms with Crippen LogP contribution in [0.4, 0.5) is 0 Å². The van der Waals surface area contributed by atoms with Crippen molar-refractivity contribution in [1.82, 2.24) is 4.90 Å². The zero-order chi connectivity index (χ0) is 21.6. The molecule has 2 saturated carbocycles. The van der Waals surface area contributed by atoms with Gasteiger partial charge in [0.15, 0.2) is 11.5 Å². The quantitative estimate of drug-likeness (QED) is 0.538.